The van der Waals surface area contributed by atoms with E-state index in [0.717, 1.165) is 17.9 Å². The van der Waals surface area contributed by atoms with Gasteiger partial charge in [0.2, 0.25) is 0 Å². The molecule has 0 aromatic carbocycles. The van der Waals surface area contributed by atoms with Crippen LogP contribution in [-0.4, -0.2) is 30.4 Å². The molecule has 0 fully saturated rings. The molecule has 1 atom stereocenters. The van der Waals surface area contributed by atoms with Crippen molar-refractivity contribution in [3.63, 3.8) is 0 Å². The lowest BCUT2D eigenvalue weighted by atomic mass is 10.2. The van der Waals surface area contributed by atoms with Gasteiger partial charge >= 0.3 is 5.97 Å². The maximum atomic E-state index is 10.9. The molecule has 0 spiro atoms. The quantitative estimate of drug-likeness (QED) is 0.557. The van der Waals surface area contributed by atoms with E-state index in [1.54, 1.807) is 11.8 Å². The van der Waals surface area contributed by atoms with E-state index in [9.17, 15) is 4.79 Å². The summed E-state index contributed by atoms with van der Waals surface area (Å²) in [5.74, 6) is -0.214. The van der Waals surface area contributed by atoms with Crippen LogP contribution in [0.5, 0.6) is 0 Å². The lowest BCUT2D eigenvalue weighted by molar-refractivity contribution is -0.141. The Hall–Kier alpha value is -0.510. The van der Waals surface area contributed by atoms with E-state index in [0.29, 0.717) is 0 Å². The van der Waals surface area contributed by atoms with Crippen molar-refractivity contribution in [3.05, 3.63) is 0 Å². The minimum absolute atomic E-state index is 0.214. The van der Waals surface area contributed by atoms with Gasteiger partial charge < -0.3 is 4.74 Å². The lowest BCUT2D eigenvalue weighted by Crippen LogP contribution is -2.16. The maximum Gasteiger partial charge on any atom is 0.330 e. The fraction of sp³-hybridized carbons (Fsp3) is 0.714. The second-order valence-corrected chi connectivity index (χ2v) is 3.18. The summed E-state index contributed by atoms with van der Waals surface area (Å²) in [6.07, 6.45) is 3.70. The zero-order chi connectivity index (χ0) is 8.27. The van der Waals surface area contributed by atoms with Crippen LogP contribution in [0.25, 0.3) is 0 Å². The predicted molar refractivity (Wildman–Crippen MR) is 46.0 cm³/mol. The van der Waals surface area contributed by atoms with Crippen molar-refractivity contribution in [1.29, 1.82) is 0 Å². The Labute approximate surface area is 70.2 Å². The van der Waals surface area contributed by atoms with E-state index in [-0.39, 0.29) is 12.0 Å². The largest absolute Gasteiger partial charge is 0.467 e. The Bertz CT molecular complexity index is 191. The molecule has 1 rings (SSSR count). The summed E-state index contributed by atoms with van der Waals surface area (Å²) in [6, 6.07) is -0.234. The van der Waals surface area contributed by atoms with E-state index < -0.39 is 0 Å². The molecule has 0 unspecified atom stereocenters. The van der Waals surface area contributed by atoms with Gasteiger partial charge in [0.1, 0.15) is 6.04 Å². The van der Waals surface area contributed by atoms with Gasteiger partial charge in [-0.25, -0.2) is 4.79 Å². The van der Waals surface area contributed by atoms with E-state index in [1.165, 1.54) is 7.11 Å². The monoisotopic (exact) mass is 173 g/mol. The van der Waals surface area contributed by atoms with Gasteiger partial charge in [-0.3, -0.25) is 4.99 Å². The number of aliphatic imine (C=N–C) groups is 1. The Balaban J connectivity index is 2.52. The van der Waals surface area contributed by atoms with Crippen LogP contribution in [-0.2, 0) is 9.53 Å². The number of methoxy groups -OCH3 is 1. The average Bonchev–Trinajstić information content (AvgIpc) is 2.50. The van der Waals surface area contributed by atoms with Gasteiger partial charge in [0.25, 0.3) is 0 Å². The van der Waals surface area contributed by atoms with Crippen molar-refractivity contribution >= 4 is 22.8 Å². The first-order valence-electron chi connectivity index (χ1n) is 3.46. The van der Waals surface area contributed by atoms with Crippen LogP contribution in [0.1, 0.15) is 12.8 Å². The van der Waals surface area contributed by atoms with E-state index >= 15 is 0 Å². The number of ether oxygens (including phenoxy) is 1. The number of nitrogens with zero attached hydrogens (tertiary/aromatic N) is 1. The Kier molecular flexibility index (Phi) is 2.93. The molecule has 1 aliphatic heterocycles. The number of carbonyl (C=O) groups excluding carboxylic acids is 1. The standard InChI is InChI=1S/C7H11NO2S/c1-10-7(9)5-3-4-6(8-5)11-2/h5H,3-4H2,1-2H3/t5-/m0/s1. The minimum Gasteiger partial charge on any atom is -0.467 e. The SMILES string of the molecule is COC(=O)[C@@H]1CCC(SC)=N1. The highest BCUT2D eigenvalue weighted by Crippen LogP contribution is 2.19. The molecule has 0 aliphatic carbocycles. The van der Waals surface area contributed by atoms with Crippen molar-refractivity contribution < 1.29 is 9.53 Å². The summed E-state index contributed by atoms with van der Waals surface area (Å²) in [4.78, 5) is 15.1. The highest BCUT2D eigenvalue weighted by molar-refractivity contribution is 8.13. The van der Waals surface area contributed by atoms with Gasteiger partial charge in [0, 0.05) is 0 Å². The molecule has 62 valence electrons. The molecule has 0 bridgehead atoms. The lowest BCUT2D eigenvalue weighted by Gasteiger charge is -2.01. The summed E-state index contributed by atoms with van der Waals surface area (Å²) in [7, 11) is 1.40. The minimum atomic E-state index is -0.234. The van der Waals surface area contributed by atoms with E-state index in [4.69, 9.17) is 0 Å². The van der Waals surface area contributed by atoms with Gasteiger partial charge in [0.15, 0.2) is 0 Å². The summed E-state index contributed by atoms with van der Waals surface area (Å²) in [5.41, 5.74) is 0. The van der Waals surface area contributed by atoms with Crippen molar-refractivity contribution in [3.8, 4) is 0 Å². The Morgan fingerprint density at radius 3 is 3.00 bits per heavy atom. The summed E-state index contributed by atoms with van der Waals surface area (Å²) in [5, 5.41) is 1.06. The van der Waals surface area contributed by atoms with Crippen LogP contribution in [0.4, 0.5) is 0 Å². The average molecular weight is 173 g/mol. The second-order valence-electron chi connectivity index (χ2n) is 2.30. The van der Waals surface area contributed by atoms with Crippen molar-refractivity contribution in [2.45, 2.75) is 18.9 Å². The zero-order valence-electron chi connectivity index (χ0n) is 6.66. The molecule has 0 aromatic heterocycles. The van der Waals surface area contributed by atoms with Crippen LogP contribution in [0.2, 0.25) is 0 Å². The van der Waals surface area contributed by atoms with E-state index in [1.807, 2.05) is 6.26 Å². The van der Waals surface area contributed by atoms with Crippen molar-refractivity contribution in [2.75, 3.05) is 13.4 Å². The number of hydrogen-bond donors (Lipinski definition) is 0. The predicted octanol–water partition coefficient (Wildman–Crippen LogP) is 1.08. The normalized spacial score (nSPS) is 23.1. The molecule has 1 aliphatic rings. The van der Waals surface area contributed by atoms with Gasteiger partial charge in [-0.1, -0.05) is 0 Å². The third-order valence-electron chi connectivity index (χ3n) is 1.64. The first-order chi connectivity index (χ1) is 5.27. The number of esters is 1. The van der Waals surface area contributed by atoms with Crippen molar-refractivity contribution in [1.82, 2.24) is 0 Å². The number of carbonyl (C=O) groups is 1. The molecule has 0 radical (unpaired) electrons. The maximum absolute atomic E-state index is 10.9. The molecule has 4 heteroatoms. The second kappa shape index (κ2) is 3.76. The molecule has 0 N–H and O–H groups in total. The molecule has 0 aromatic rings. The molecule has 0 saturated heterocycles. The summed E-state index contributed by atoms with van der Waals surface area (Å²) >= 11 is 1.61. The van der Waals surface area contributed by atoms with Crippen LogP contribution in [0.15, 0.2) is 4.99 Å². The first kappa shape index (κ1) is 8.59. The summed E-state index contributed by atoms with van der Waals surface area (Å²) in [6.45, 7) is 0. The first-order valence-corrected chi connectivity index (χ1v) is 4.69. The van der Waals surface area contributed by atoms with Crippen LogP contribution in [0, 0.1) is 0 Å². The summed E-state index contributed by atoms with van der Waals surface area (Å²) < 4.78 is 4.57. The molecular formula is C7H11NO2S. The molecule has 11 heavy (non-hydrogen) atoms. The van der Waals surface area contributed by atoms with Gasteiger partial charge in [0.05, 0.1) is 12.2 Å². The molecule has 0 amide bonds. The van der Waals surface area contributed by atoms with Gasteiger partial charge in [-0.15, -0.1) is 11.8 Å². The Morgan fingerprint density at radius 1 is 1.82 bits per heavy atom. The fourth-order valence-electron chi connectivity index (χ4n) is 1.02. The highest BCUT2D eigenvalue weighted by Gasteiger charge is 2.24. The third-order valence-corrected chi connectivity index (χ3v) is 2.42. The van der Waals surface area contributed by atoms with Crippen molar-refractivity contribution in [2.24, 2.45) is 4.99 Å². The van der Waals surface area contributed by atoms with Crippen LogP contribution < -0.4 is 0 Å². The van der Waals surface area contributed by atoms with E-state index in [2.05, 4.69) is 9.73 Å². The molecule has 1 heterocycles. The number of hydrogen-bond acceptors (Lipinski definition) is 4. The zero-order valence-corrected chi connectivity index (χ0v) is 7.48. The van der Waals surface area contributed by atoms with Crippen LogP contribution in [0.3, 0.4) is 0 Å². The number of thioether (sulfide) groups is 1. The molecular weight excluding hydrogens is 162 g/mol. The fourth-order valence-corrected chi connectivity index (χ4v) is 1.58. The number of rotatable bonds is 1. The van der Waals surface area contributed by atoms with Crippen LogP contribution >= 0.6 is 11.8 Å². The molecule has 3 nitrogen and oxygen atoms in total. The highest BCUT2D eigenvalue weighted by atomic mass is 32.2. The smallest absolute Gasteiger partial charge is 0.330 e. The third kappa shape index (κ3) is 1.96. The Morgan fingerprint density at radius 2 is 2.55 bits per heavy atom. The topological polar surface area (TPSA) is 38.7 Å². The van der Waals surface area contributed by atoms with Gasteiger partial charge in [-0.05, 0) is 19.1 Å². The molecule has 0 saturated carbocycles. The van der Waals surface area contributed by atoms with Gasteiger partial charge in [-0.2, -0.15) is 0 Å².